The average Bonchev–Trinajstić information content (AvgIpc) is 2.46. The lowest BCUT2D eigenvalue weighted by atomic mass is 10.1. The van der Waals surface area contributed by atoms with E-state index in [4.69, 9.17) is 0 Å². The second-order valence-corrected chi connectivity index (χ2v) is 6.66. The van der Waals surface area contributed by atoms with Gasteiger partial charge in [-0.05, 0) is 18.6 Å². The molecule has 2 rings (SSSR count). The Morgan fingerprint density at radius 1 is 1.33 bits per heavy atom. The Labute approximate surface area is 124 Å². The second-order valence-electron chi connectivity index (χ2n) is 5.01. The number of benzene rings is 1. The van der Waals surface area contributed by atoms with Crippen LogP contribution < -0.4 is 4.72 Å². The number of nitrogens with zero attached hydrogens (tertiary/aromatic N) is 1. The smallest absolute Gasteiger partial charge is 0.264 e. The summed E-state index contributed by atoms with van der Waals surface area (Å²) in [6.45, 7) is 3.68. The molecule has 1 aromatic carbocycles. The fraction of sp³-hybridized carbons (Fsp3) is 0.333. The van der Waals surface area contributed by atoms with Crippen molar-refractivity contribution in [2.75, 3.05) is 0 Å². The first-order chi connectivity index (χ1) is 9.95. The van der Waals surface area contributed by atoms with Crippen LogP contribution in [0.2, 0.25) is 0 Å². The summed E-state index contributed by atoms with van der Waals surface area (Å²) < 4.78 is 27.0. The van der Waals surface area contributed by atoms with Gasteiger partial charge in [-0.25, -0.2) is 13.1 Å². The summed E-state index contributed by atoms with van der Waals surface area (Å²) in [7, 11) is -3.88. The summed E-state index contributed by atoms with van der Waals surface area (Å²) >= 11 is 0. The van der Waals surface area contributed by atoms with E-state index in [1.807, 2.05) is 6.92 Å². The second kappa shape index (κ2) is 6.22. The van der Waals surface area contributed by atoms with Crippen molar-refractivity contribution in [1.29, 1.82) is 0 Å². The topological polar surface area (TPSA) is 76.1 Å². The van der Waals surface area contributed by atoms with Crippen LogP contribution in [0.5, 0.6) is 0 Å². The maximum atomic E-state index is 12.4. The number of hydrogen-bond donors (Lipinski definition) is 1. The molecule has 112 valence electrons. The summed E-state index contributed by atoms with van der Waals surface area (Å²) in [6.07, 6.45) is 4.61. The molecule has 21 heavy (non-hydrogen) atoms. The molecule has 0 aliphatic carbocycles. The fourth-order valence-electron chi connectivity index (χ4n) is 2.18. The summed E-state index contributed by atoms with van der Waals surface area (Å²) in [5.41, 5.74) is 0. The molecule has 1 atom stereocenters. The number of fused-ring (bicyclic) bond motifs is 1. The third kappa shape index (κ3) is 3.39. The molecular weight excluding hydrogens is 288 g/mol. The maximum absolute atomic E-state index is 12.4. The Bertz CT molecular complexity index is 751. The number of carbonyl (C=O) groups is 1. The van der Waals surface area contributed by atoms with E-state index < -0.39 is 15.9 Å². The molecule has 5 nitrogen and oxygen atoms in total. The molecule has 0 radical (unpaired) electrons. The highest BCUT2D eigenvalue weighted by Gasteiger charge is 2.22. The van der Waals surface area contributed by atoms with Crippen molar-refractivity contribution in [2.24, 2.45) is 5.92 Å². The molecule has 0 aliphatic heterocycles. The predicted molar refractivity (Wildman–Crippen MR) is 81.1 cm³/mol. The highest BCUT2D eigenvalue weighted by atomic mass is 32.2. The number of pyridine rings is 1. The number of nitrogens with one attached hydrogen (secondary N) is 1. The van der Waals surface area contributed by atoms with Gasteiger partial charge >= 0.3 is 0 Å². The molecule has 0 fully saturated rings. The van der Waals surface area contributed by atoms with E-state index in [0.29, 0.717) is 11.8 Å². The zero-order valence-electron chi connectivity index (χ0n) is 12.0. The van der Waals surface area contributed by atoms with Gasteiger partial charge in [0.25, 0.3) is 10.0 Å². The highest BCUT2D eigenvalue weighted by Crippen LogP contribution is 2.22. The zero-order chi connectivity index (χ0) is 15.5. The van der Waals surface area contributed by atoms with E-state index in [9.17, 15) is 13.2 Å². The molecule has 0 aliphatic rings. The minimum absolute atomic E-state index is 0.0967. The minimum Gasteiger partial charge on any atom is -0.274 e. The molecule has 0 spiro atoms. The molecule has 1 N–H and O–H groups in total. The van der Waals surface area contributed by atoms with Gasteiger partial charge in [0.05, 0.1) is 4.90 Å². The summed E-state index contributed by atoms with van der Waals surface area (Å²) in [4.78, 5) is 16.0. The van der Waals surface area contributed by atoms with Gasteiger partial charge in [0.1, 0.15) is 0 Å². The molecule has 6 heteroatoms. The lowest BCUT2D eigenvalue weighted by molar-refractivity contribution is -0.122. The number of aromatic nitrogens is 1. The van der Waals surface area contributed by atoms with E-state index in [0.717, 1.165) is 11.8 Å². The SMILES string of the molecule is CCC[C@@H](C)C(=O)NS(=O)(=O)c1cccc2cnccc12. The Balaban J connectivity index is 2.37. The Hall–Kier alpha value is -1.95. The van der Waals surface area contributed by atoms with Crippen molar-refractivity contribution in [3.05, 3.63) is 36.7 Å². The first kappa shape index (κ1) is 15.4. The number of sulfonamides is 1. The third-order valence-corrected chi connectivity index (χ3v) is 4.74. The van der Waals surface area contributed by atoms with Crippen molar-refractivity contribution < 1.29 is 13.2 Å². The van der Waals surface area contributed by atoms with E-state index >= 15 is 0 Å². The molecule has 1 aromatic heterocycles. The fourth-order valence-corrected chi connectivity index (χ4v) is 3.49. The van der Waals surface area contributed by atoms with Crippen molar-refractivity contribution >= 4 is 26.7 Å². The molecule has 0 saturated heterocycles. The lowest BCUT2D eigenvalue weighted by Crippen LogP contribution is -2.34. The number of carbonyl (C=O) groups excluding carboxylic acids is 1. The van der Waals surface area contributed by atoms with Gasteiger partial charge in [-0.3, -0.25) is 9.78 Å². The zero-order valence-corrected chi connectivity index (χ0v) is 12.9. The normalized spacial score (nSPS) is 13.0. The molecule has 2 aromatic rings. The van der Waals surface area contributed by atoms with Crippen molar-refractivity contribution in [3.63, 3.8) is 0 Å². The van der Waals surface area contributed by atoms with E-state index in [-0.39, 0.29) is 10.8 Å². The molecule has 1 amide bonds. The minimum atomic E-state index is -3.88. The van der Waals surface area contributed by atoms with Gasteiger partial charge in [-0.15, -0.1) is 0 Å². The van der Waals surface area contributed by atoms with Crippen LogP contribution >= 0.6 is 0 Å². The molecular formula is C15H18N2O3S. The quantitative estimate of drug-likeness (QED) is 0.920. The lowest BCUT2D eigenvalue weighted by Gasteiger charge is -2.13. The first-order valence-corrected chi connectivity index (χ1v) is 8.33. The summed E-state index contributed by atoms with van der Waals surface area (Å²) in [5, 5.41) is 1.27. The van der Waals surface area contributed by atoms with Crippen LogP contribution in [-0.4, -0.2) is 19.3 Å². The van der Waals surface area contributed by atoms with E-state index in [2.05, 4.69) is 9.71 Å². The monoisotopic (exact) mass is 306 g/mol. The predicted octanol–water partition coefficient (Wildman–Crippen LogP) is 2.48. The standard InChI is InChI=1S/C15H18N2O3S/c1-3-5-11(2)15(18)17-21(19,20)14-7-4-6-12-10-16-9-8-13(12)14/h4,6-11H,3,5H2,1-2H3,(H,17,18)/t11-/m1/s1. The number of rotatable bonds is 5. The van der Waals surface area contributed by atoms with Gasteiger partial charge in [0, 0.05) is 29.1 Å². The van der Waals surface area contributed by atoms with Gasteiger partial charge in [-0.2, -0.15) is 0 Å². The Morgan fingerprint density at radius 2 is 2.10 bits per heavy atom. The van der Waals surface area contributed by atoms with Crippen LogP contribution in [0.15, 0.2) is 41.6 Å². The Morgan fingerprint density at radius 3 is 2.81 bits per heavy atom. The molecule has 0 unspecified atom stereocenters. The van der Waals surface area contributed by atoms with Crippen LogP contribution in [0.1, 0.15) is 26.7 Å². The van der Waals surface area contributed by atoms with Gasteiger partial charge in [-0.1, -0.05) is 32.4 Å². The van der Waals surface area contributed by atoms with Crippen LogP contribution in [0.3, 0.4) is 0 Å². The van der Waals surface area contributed by atoms with Crippen LogP contribution in [0, 0.1) is 5.92 Å². The van der Waals surface area contributed by atoms with E-state index in [1.54, 1.807) is 31.3 Å². The van der Waals surface area contributed by atoms with Crippen LogP contribution in [0.4, 0.5) is 0 Å². The van der Waals surface area contributed by atoms with Crippen LogP contribution in [-0.2, 0) is 14.8 Å². The first-order valence-electron chi connectivity index (χ1n) is 6.85. The Kier molecular flexibility index (Phi) is 4.57. The highest BCUT2D eigenvalue weighted by molar-refractivity contribution is 7.90. The van der Waals surface area contributed by atoms with Crippen molar-refractivity contribution in [3.8, 4) is 0 Å². The molecule has 0 saturated carbocycles. The van der Waals surface area contributed by atoms with Crippen molar-refractivity contribution in [1.82, 2.24) is 9.71 Å². The number of amides is 1. The van der Waals surface area contributed by atoms with Gasteiger partial charge in [0.2, 0.25) is 5.91 Å². The van der Waals surface area contributed by atoms with Crippen molar-refractivity contribution in [2.45, 2.75) is 31.6 Å². The van der Waals surface area contributed by atoms with Gasteiger partial charge < -0.3 is 0 Å². The van der Waals surface area contributed by atoms with Gasteiger partial charge in [0.15, 0.2) is 0 Å². The average molecular weight is 306 g/mol. The molecule has 1 heterocycles. The summed E-state index contributed by atoms with van der Waals surface area (Å²) in [5.74, 6) is -0.802. The largest absolute Gasteiger partial charge is 0.274 e. The maximum Gasteiger partial charge on any atom is 0.264 e. The number of hydrogen-bond acceptors (Lipinski definition) is 4. The summed E-state index contributed by atoms with van der Waals surface area (Å²) in [6, 6.07) is 6.54. The van der Waals surface area contributed by atoms with Crippen LogP contribution in [0.25, 0.3) is 10.8 Å². The van der Waals surface area contributed by atoms with E-state index in [1.165, 1.54) is 12.3 Å². The molecule has 0 bridgehead atoms. The third-order valence-electron chi connectivity index (χ3n) is 3.33.